The molecule has 136 valence electrons. The van der Waals surface area contributed by atoms with Gasteiger partial charge in [-0.1, -0.05) is 11.6 Å². The molecule has 4 nitrogen and oxygen atoms in total. The van der Waals surface area contributed by atoms with Crippen molar-refractivity contribution in [1.29, 1.82) is 0 Å². The van der Waals surface area contributed by atoms with Gasteiger partial charge in [0.05, 0.1) is 0 Å². The second-order valence-corrected chi connectivity index (χ2v) is 10.7. The highest BCUT2D eigenvalue weighted by molar-refractivity contribution is 7.89. The fourth-order valence-electron chi connectivity index (χ4n) is 3.57. The molecule has 0 radical (unpaired) electrons. The summed E-state index contributed by atoms with van der Waals surface area (Å²) in [6, 6.07) is 5.94. The molecule has 1 saturated carbocycles. The van der Waals surface area contributed by atoms with E-state index < -0.39 is 10.0 Å². The van der Waals surface area contributed by atoms with Crippen LogP contribution < -0.4 is 5.32 Å². The molecule has 7 heteroatoms. The van der Waals surface area contributed by atoms with Crippen LogP contribution in [0, 0.1) is 12.8 Å². The summed E-state index contributed by atoms with van der Waals surface area (Å²) >= 11 is 7.63. The third-order valence-electron chi connectivity index (χ3n) is 5.21. The molecule has 1 aromatic heterocycles. The molecule has 4 rings (SSSR count). The smallest absolute Gasteiger partial charge is 0.244 e. The van der Waals surface area contributed by atoms with E-state index in [9.17, 15) is 8.42 Å². The lowest BCUT2D eigenvalue weighted by molar-refractivity contribution is 0.288. The van der Waals surface area contributed by atoms with Crippen LogP contribution in [0.25, 0.3) is 10.1 Å². The zero-order chi connectivity index (χ0) is 17.6. The molecule has 1 N–H and O–H groups in total. The zero-order valence-electron chi connectivity index (χ0n) is 14.3. The normalized spacial score (nSPS) is 20.4. The van der Waals surface area contributed by atoms with Gasteiger partial charge in [0.25, 0.3) is 0 Å². The average Bonchev–Trinajstić information content (AvgIpc) is 3.34. The van der Waals surface area contributed by atoms with E-state index in [0.717, 1.165) is 40.3 Å². The van der Waals surface area contributed by atoms with Gasteiger partial charge in [-0.05, 0) is 63.3 Å². The number of sulfonamides is 1. The quantitative estimate of drug-likeness (QED) is 0.827. The summed E-state index contributed by atoms with van der Waals surface area (Å²) < 4.78 is 29.1. The Morgan fingerprint density at radius 3 is 2.64 bits per heavy atom. The molecular weight excluding hydrogens is 376 g/mol. The number of nitrogens with zero attached hydrogens (tertiary/aromatic N) is 1. The second-order valence-electron chi connectivity index (χ2n) is 7.16. The Kier molecular flexibility index (Phi) is 4.84. The van der Waals surface area contributed by atoms with Crippen molar-refractivity contribution in [2.24, 2.45) is 5.92 Å². The zero-order valence-corrected chi connectivity index (χ0v) is 16.7. The van der Waals surface area contributed by atoms with Crippen molar-refractivity contribution in [3.63, 3.8) is 0 Å². The van der Waals surface area contributed by atoms with Crippen LogP contribution in [0.3, 0.4) is 0 Å². The van der Waals surface area contributed by atoms with Gasteiger partial charge in [0.1, 0.15) is 4.90 Å². The van der Waals surface area contributed by atoms with Crippen LogP contribution in [-0.2, 0) is 10.0 Å². The van der Waals surface area contributed by atoms with E-state index in [2.05, 4.69) is 5.32 Å². The van der Waals surface area contributed by atoms with Crippen LogP contribution in [0.15, 0.2) is 23.1 Å². The maximum Gasteiger partial charge on any atom is 0.244 e. The largest absolute Gasteiger partial charge is 0.314 e. The molecule has 1 aliphatic carbocycles. The predicted octanol–water partition coefficient (Wildman–Crippen LogP) is 4.02. The summed E-state index contributed by atoms with van der Waals surface area (Å²) in [4.78, 5) is 1.28. The molecule has 1 aromatic carbocycles. The predicted molar refractivity (Wildman–Crippen MR) is 104 cm³/mol. The molecule has 2 heterocycles. The van der Waals surface area contributed by atoms with Crippen molar-refractivity contribution in [1.82, 2.24) is 9.62 Å². The number of hydrogen-bond acceptors (Lipinski definition) is 4. The Balaban J connectivity index is 1.54. The number of piperidine rings is 1. The Hall–Kier alpha value is -0.660. The van der Waals surface area contributed by atoms with E-state index in [1.807, 2.05) is 19.1 Å². The van der Waals surface area contributed by atoms with E-state index >= 15 is 0 Å². The van der Waals surface area contributed by atoms with Crippen LogP contribution >= 0.6 is 22.9 Å². The van der Waals surface area contributed by atoms with E-state index in [-0.39, 0.29) is 0 Å². The van der Waals surface area contributed by atoms with Crippen LogP contribution in [-0.4, -0.2) is 38.4 Å². The Morgan fingerprint density at radius 1 is 1.24 bits per heavy atom. The van der Waals surface area contributed by atoms with Gasteiger partial charge in [0.2, 0.25) is 10.0 Å². The number of hydrogen-bond donors (Lipinski definition) is 1. The molecule has 2 fully saturated rings. The lowest BCUT2D eigenvalue weighted by Crippen LogP contribution is -2.45. The van der Waals surface area contributed by atoms with Gasteiger partial charge >= 0.3 is 0 Å². The minimum absolute atomic E-state index is 0.444. The van der Waals surface area contributed by atoms with Gasteiger partial charge in [-0.2, -0.15) is 4.31 Å². The van der Waals surface area contributed by atoms with Crippen molar-refractivity contribution in [3.05, 3.63) is 28.1 Å². The Bertz CT molecular complexity index is 882. The number of nitrogens with one attached hydrogen (secondary N) is 1. The molecule has 1 aliphatic heterocycles. The molecule has 2 aromatic rings. The first-order chi connectivity index (χ1) is 11.9. The second kappa shape index (κ2) is 6.82. The van der Waals surface area contributed by atoms with Crippen molar-refractivity contribution in [2.45, 2.75) is 43.5 Å². The molecule has 2 aliphatic rings. The summed E-state index contributed by atoms with van der Waals surface area (Å²) in [5.41, 5.74) is 0. The molecule has 0 atom stereocenters. The van der Waals surface area contributed by atoms with Crippen molar-refractivity contribution < 1.29 is 8.42 Å². The van der Waals surface area contributed by atoms with Crippen LogP contribution in [0.1, 0.15) is 30.6 Å². The Labute approximate surface area is 158 Å². The van der Waals surface area contributed by atoms with Gasteiger partial charge in [0, 0.05) is 39.1 Å². The molecule has 1 saturated heterocycles. The SMILES string of the molecule is Cc1sc2ccc(Cl)cc2c1S(=O)(=O)N1CCC(NCC2CC2)CC1. The van der Waals surface area contributed by atoms with E-state index in [0.29, 0.717) is 29.0 Å². The van der Waals surface area contributed by atoms with Crippen LogP contribution in [0.2, 0.25) is 5.02 Å². The average molecular weight is 399 g/mol. The summed E-state index contributed by atoms with van der Waals surface area (Å²) in [6.07, 6.45) is 4.45. The number of aryl methyl sites for hydroxylation is 1. The molecule has 0 amide bonds. The number of fused-ring (bicyclic) bond motifs is 1. The van der Waals surface area contributed by atoms with E-state index in [1.54, 1.807) is 10.4 Å². The third-order valence-corrected chi connectivity index (χ3v) is 8.75. The number of thiophene rings is 1. The standard InChI is InChI=1S/C18H23ClN2O2S2/c1-12-18(16-10-14(19)4-5-17(16)24-12)25(22,23)21-8-6-15(7-9-21)20-11-13-2-3-13/h4-5,10,13,15,20H,2-3,6-9,11H2,1H3. The van der Waals surface area contributed by atoms with E-state index in [1.165, 1.54) is 24.2 Å². The van der Waals surface area contributed by atoms with Gasteiger partial charge in [0.15, 0.2) is 0 Å². The number of halogens is 1. The first kappa shape index (κ1) is 17.7. The highest BCUT2D eigenvalue weighted by Crippen LogP contribution is 2.38. The molecule has 0 unspecified atom stereocenters. The summed E-state index contributed by atoms with van der Waals surface area (Å²) in [7, 11) is -3.48. The maximum absolute atomic E-state index is 13.2. The molecule has 25 heavy (non-hydrogen) atoms. The summed E-state index contributed by atoms with van der Waals surface area (Å²) in [5.74, 6) is 0.853. The van der Waals surface area contributed by atoms with Crippen molar-refractivity contribution in [2.75, 3.05) is 19.6 Å². The number of benzene rings is 1. The van der Waals surface area contributed by atoms with E-state index in [4.69, 9.17) is 11.6 Å². The van der Waals surface area contributed by atoms with Crippen LogP contribution in [0.4, 0.5) is 0 Å². The topological polar surface area (TPSA) is 49.4 Å². The minimum atomic E-state index is -3.48. The van der Waals surface area contributed by atoms with Gasteiger partial charge < -0.3 is 5.32 Å². The van der Waals surface area contributed by atoms with Crippen molar-refractivity contribution in [3.8, 4) is 0 Å². The molecule has 0 bridgehead atoms. The van der Waals surface area contributed by atoms with Crippen molar-refractivity contribution >= 4 is 43.0 Å². The monoisotopic (exact) mass is 398 g/mol. The fraction of sp³-hybridized carbons (Fsp3) is 0.556. The molecule has 0 spiro atoms. The summed E-state index contributed by atoms with van der Waals surface area (Å²) in [5, 5.41) is 4.93. The lowest BCUT2D eigenvalue weighted by Gasteiger charge is -2.32. The Morgan fingerprint density at radius 2 is 1.96 bits per heavy atom. The first-order valence-electron chi connectivity index (χ1n) is 8.87. The first-order valence-corrected chi connectivity index (χ1v) is 11.5. The maximum atomic E-state index is 13.2. The minimum Gasteiger partial charge on any atom is -0.314 e. The van der Waals surface area contributed by atoms with Gasteiger partial charge in [-0.25, -0.2) is 8.42 Å². The summed E-state index contributed by atoms with van der Waals surface area (Å²) in [6.45, 7) is 4.14. The lowest BCUT2D eigenvalue weighted by atomic mass is 10.1. The molecular formula is C18H23ClN2O2S2. The fourth-order valence-corrected chi connectivity index (χ4v) is 6.95. The number of rotatable bonds is 5. The highest BCUT2D eigenvalue weighted by atomic mass is 35.5. The van der Waals surface area contributed by atoms with Crippen LogP contribution in [0.5, 0.6) is 0 Å². The van der Waals surface area contributed by atoms with Gasteiger partial charge in [-0.15, -0.1) is 11.3 Å². The highest BCUT2D eigenvalue weighted by Gasteiger charge is 2.33. The van der Waals surface area contributed by atoms with Gasteiger partial charge in [-0.3, -0.25) is 0 Å². The third kappa shape index (κ3) is 3.60.